The quantitative estimate of drug-likeness (QED) is 0.415. The summed E-state index contributed by atoms with van der Waals surface area (Å²) < 4.78 is 0. The molecule has 3 atom stereocenters. The Balaban J connectivity index is 1.83. The second kappa shape index (κ2) is 9.96. The maximum absolute atomic E-state index is 12.9. The van der Waals surface area contributed by atoms with Crippen LogP contribution in [0.1, 0.15) is 35.2 Å². The van der Waals surface area contributed by atoms with Gasteiger partial charge >= 0.3 is 0 Å². The first-order chi connectivity index (χ1) is 15.2. The summed E-state index contributed by atoms with van der Waals surface area (Å²) in [6.45, 7) is 0. The number of amides is 2. The van der Waals surface area contributed by atoms with Crippen molar-refractivity contribution >= 4 is 23.2 Å². The number of benzene rings is 2. The van der Waals surface area contributed by atoms with Crippen LogP contribution in [0, 0.1) is 20.2 Å². The van der Waals surface area contributed by atoms with Crippen LogP contribution < -0.4 is 10.6 Å². The first-order valence-electron chi connectivity index (χ1n) is 10.00. The van der Waals surface area contributed by atoms with E-state index < -0.39 is 45.2 Å². The highest BCUT2D eigenvalue weighted by atomic mass is 16.6. The summed E-state index contributed by atoms with van der Waals surface area (Å²) in [6.07, 6.45) is 1.24. The lowest BCUT2D eigenvalue weighted by molar-refractivity contribution is -0.394. The summed E-state index contributed by atoms with van der Waals surface area (Å²) in [4.78, 5) is 46.3. The molecule has 168 valence electrons. The maximum atomic E-state index is 12.9. The SMILES string of the molecule is O=C(N[C@H](Cc1ccccc1)C(=O)N[C@H]1CC[C@@H](O)C1)c1cc([N+](=O)[O-])cc([N+](=O)[O-])c1. The summed E-state index contributed by atoms with van der Waals surface area (Å²) in [5, 5.41) is 37.3. The molecule has 1 aliphatic rings. The monoisotopic (exact) mass is 442 g/mol. The third-order valence-electron chi connectivity index (χ3n) is 5.24. The Bertz CT molecular complexity index is 996. The van der Waals surface area contributed by atoms with Crippen LogP contribution >= 0.6 is 0 Å². The molecule has 2 amide bonds. The molecule has 32 heavy (non-hydrogen) atoms. The molecule has 0 saturated heterocycles. The van der Waals surface area contributed by atoms with E-state index in [-0.39, 0.29) is 18.0 Å². The van der Waals surface area contributed by atoms with Crippen molar-refractivity contribution in [3.05, 3.63) is 79.9 Å². The molecule has 3 N–H and O–H groups in total. The Hall–Kier alpha value is -3.86. The Morgan fingerprint density at radius 1 is 1.03 bits per heavy atom. The summed E-state index contributed by atoms with van der Waals surface area (Å²) in [7, 11) is 0. The van der Waals surface area contributed by atoms with Gasteiger partial charge in [-0.2, -0.15) is 0 Å². The van der Waals surface area contributed by atoms with E-state index >= 15 is 0 Å². The average Bonchev–Trinajstić information content (AvgIpc) is 3.17. The first-order valence-corrected chi connectivity index (χ1v) is 10.00. The number of carbonyl (C=O) groups is 2. The molecule has 0 radical (unpaired) electrons. The van der Waals surface area contributed by atoms with Crippen LogP contribution in [0.25, 0.3) is 0 Å². The largest absolute Gasteiger partial charge is 0.393 e. The van der Waals surface area contributed by atoms with Gasteiger partial charge < -0.3 is 15.7 Å². The first kappa shape index (κ1) is 22.8. The highest BCUT2D eigenvalue weighted by Crippen LogP contribution is 2.23. The minimum Gasteiger partial charge on any atom is -0.393 e. The molecule has 0 unspecified atom stereocenters. The van der Waals surface area contributed by atoms with Crippen LogP contribution in [0.15, 0.2) is 48.5 Å². The fourth-order valence-corrected chi connectivity index (χ4v) is 3.63. The lowest BCUT2D eigenvalue weighted by atomic mass is 10.0. The van der Waals surface area contributed by atoms with E-state index in [2.05, 4.69) is 10.6 Å². The number of nitrogens with one attached hydrogen (secondary N) is 2. The standard InChI is InChI=1S/C21H22N4O7/c26-18-7-6-15(11-18)22-21(28)19(8-13-4-2-1-3-5-13)23-20(27)14-9-16(24(29)30)12-17(10-14)25(31)32/h1-5,9-10,12,15,18-19,26H,6-8,11H2,(H,22,28)(H,23,27)/t15-,18+,19+/m0/s1. The molecule has 0 spiro atoms. The van der Waals surface area contributed by atoms with Crippen LogP contribution in [-0.4, -0.2) is 45.0 Å². The van der Waals surface area contributed by atoms with Gasteiger partial charge in [0.15, 0.2) is 0 Å². The topological polar surface area (TPSA) is 165 Å². The molecular weight excluding hydrogens is 420 g/mol. The van der Waals surface area contributed by atoms with Crippen molar-refractivity contribution in [3.8, 4) is 0 Å². The minimum absolute atomic E-state index is 0.144. The third-order valence-corrected chi connectivity index (χ3v) is 5.24. The molecule has 1 saturated carbocycles. The molecule has 1 fully saturated rings. The summed E-state index contributed by atoms with van der Waals surface area (Å²) in [6, 6.07) is 10.3. The van der Waals surface area contributed by atoms with E-state index in [9.17, 15) is 34.9 Å². The molecular formula is C21H22N4O7. The second-order valence-corrected chi connectivity index (χ2v) is 7.64. The summed E-state index contributed by atoms with van der Waals surface area (Å²) in [5.41, 5.74) is -0.737. The number of aliphatic hydroxyl groups is 1. The number of hydrogen-bond acceptors (Lipinski definition) is 7. The van der Waals surface area contributed by atoms with Gasteiger partial charge in [0, 0.05) is 24.6 Å². The van der Waals surface area contributed by atoms with E-state index in [1.54, 1.807) is 30.3 Å². The van der Waals surface area contributed by atoms with E-state index in [1.807, 2.05) is 0 Å². The number of nitro benzene ring substituents is 2. The molecule has 3 rings (SSSR count). The van der Waals surface area contributed by atoms with Crippen molar-refractivity contribution in [2.75, 3.05) is 0 Å². The van der Waals surface area contributed by atoms with Gasteiger partial charge in [-0.05, 0) is 24.8 Å². The molecule has 1 aliphatic carbocycles. The van der Waals surface area contributed by atoms with Crippen LogP contribution in [0.3, 0.4) is 0 Å². The van der Waals surface area contributed by atoms with Crippen molar-refractivity contribution in [2.24, 2.45) is 0 Å². The number of carbonyl (C=O) groups excluding carboxylic acids is 2. The molecule has 0 aliphatic heterocycles. The van der Waals surface area contributed by atoms with Crippen LogP contribution in [0.5, 0.6) is 0 Å². The van der Waals surface area contributed by atoms with Crippen molar-refractivity contribution in [3.63, 3.8) is 0 Å². The number of non-ortho nitro benzene ring substituents is 2. The Morgan fingerprint density at radius 2 is 1.66 bits per heavy atom. The smallest absolute Gasteiger partial charge is 0.277 e. The van der Waals surface area contributed by atoms with E-state index in [0.29, 0.717) is 19.3 Å². The average molecular weight is 442 g/mol. The number of aliphatic hydroxyl groups excluding tert-OH is 1. The third kappa shape index (κ3) is 5.85. The fourth-order valence-electron chi connectivity index (χ4n) is 3.63. The number of rotatable bonds is 8. The summed E-state index contributed by atoms with van der Waals surface area (Å²) in [5.74, 6) is -1.32. The maximum Gasteiger partial charge on any atom is 0.277 e. The normalized spacial score (nSPS) is 18.5. The highest BCUT2D eigenvalue weighted by molar-refractivity contribution is 5.98. The van der Waals surface area contributed by atoms with Gasteiger partial charge in [-0.25, -0.2) is 0 Å². The zero-order valence-electron chi connectivity index (χ0n) is 17.0. The fraction of sp³-hybridized carbons (Fsp3) is 0.333. The van der Waals surface area contributed by atoms with E-state index in [0.717, 1.165) is 23.8 Å². The Labute approximate surface area is 182 Å². The van der Waals surface area contributed by atoms with Crippen LogP contribution in [-0.2, 0) is 11.2 Å². The second-order valence-electron chi connectivity index (χ2n) is 7.64. The van der Waals surface area contributed by atoms with Gasteiger partial charge in [0.1, 0.15) is 6.04 Å². The van der Waals surface area contributed by atoms with Gasteiger partial charge in [0.2, 0.25) is 5.91 Å². The van der Waals surface area contributed by atoms with Crippen molar-refractivity contribution in [2.45, 2.75) is 43.9 Å². The molecule has 11 heteroatoms. The van der Waals surface area contributed by atoms with E-state index in [4.69, 9.17) is 0 Å². The van der Waals surface area contributed by atoms with Gasteiger partial charge in [0.25, 0.3) is 17.3 Å². The van der Waals surface area contributed by atoms with Crippen molar-refractivity contribution in [1.82, 2.24) is 10.6 Å². The molecule has 2 aromatic rings. The van der Waals surface area contributed by atoms with Crippen LogP contribution in [0.4, 0.5) is 11.4 Å². The zero-order chi connectivity index (χ0) is 23.3. The van der Waals surface area contributed by atoms with Gasteiger partial charge in [0.05, 0.1) is 27.6 Å². The Kier molecular flexibility index (Phi) is 7.11. The number of hydrogen-bond donors (Lipinski definition) is 3. The molecule has 0 heterocycles. The predicted octanol–water partition coefficient (Wildman–Crippen LogP) is 1.87. The molecule has 11 nitrogen and oxygen atoms in total. The number of nitrogens with zero attached hydrogens (tertiary/aromatic N) is 2. The predicted molar refractivity (Wildman–Crippen MR) is 113 cm³/mol. The molecule has 2 aromatic carbocycles. The van der Waals surface area contributed by atoms with Crippen LogP contribution in [0.2, 0.25) is 0 Å². The van der Waals surface area contributed by atoms with Gasteiger partial charge in [-0.15, -0.1) is 0 Å². The number of nitro groups is 2. The van der Waals surface area contributed by atoms with Crippen molar-refractivity contribution in [1.29, 1.82) is 0 Å². The van der Waals surface area contributed by atoms with E-state index in [1.165, 1.54) is 0 Å². The lowest BCUT2D eigenvalue weighted by Gasteiger charge is -2.21. The Morgan fingerprint density at radius 3 is 2.19 bits per heavy atom. The highest BCUT2D eigenvalue weighted by Gasteiger charge is 2.29. The zero-order valence-corrected chi connectivity index (χ0v) is 17.0. The van der Waals surface area contributed by atoms with Gasteiger partial charge in [-0.3, -0.25) is 29.8 Å². The molecule has 0 aromatic heterocycles. The molecule has 0 bridgehead atoms. The lowest BCUT2D eigenvalue weighted by Crippen LogP contribution is -2.50. The summed E-state index contributed by atoms with van der Waals surface area (Å²) >= 11 is 0. The minimum atomic E-state index is -1.03. The van der Waals surface area contributed by atoms with Crippen molar-refractivity contribution < 1.29 is 24.5 Å². The van der Waals surface area contributed by atoms with Gasteiger partial charge in [-0.1, -0.05) is 30.3 Å².